The molecule has 2 aromatic carbocycles. The largest absolute Gasteiger partial charge is 0.271 e. The lowest BCUT2D eigenvalue weighted by Gasteiger charge is -2.38. The molecule has 0 N–H and O–H groups in total. The summed E-state index contributed by atoms with van der Waals surface area (Å²) in [6, 6.07) is 15.5. The van der Waals surface area contributed by atoms with E-state index < -0.39 is 5.66 Å². The second-order valence-electron chi connectivity index (χ2n) is 9.28. The Morgan fingerprint density at radius 1 is 1.00 bits per heavy atom. The number of amides is 1. The molecule has 156 valence electrons. The van der Waals surface area contributed by atoms with Crippen molar-refractivity contribution < 1.29 is 4.79 Å². The van der Waals surface area contributed by atoms with Crippen LogP contribution in [0.1, 0.15) is 74.4 Å². The fourth-order valence-corrected chi connectivity index (χ4v) is 4.92. The van der Waals surface area contributed by atoms with Gasteiger partial charge in [0.2, 0.25) is 0 Å². The Kier molecular flexibility index (Phi) is 5.58. The zero-order valence-electron chi connectivity index (χ0n) is 17.7. The molecular formula is C25H27ClN2OS. The van der Waals surface area contributed by atoms with Gasteiger partial charge in [0.15, 0.2) is 0 Å². The molecule has 0 saturated heterocycles. The molecule has 0 aromatic heterocycles. The van der Waals surface area contributed by atoms with E-state index in [4.69, 9.17) is 28.8 Å². The maximum Gasteiger partial charge on any atom is 0.260 e. The van der Waals surface area contributed by atoms with Crippen LogP contribution in [0.15, 0.2) is 53.5 Å². The molecular weight excluding hydrogens is 412 g/mol. The van der Waals surface area contributed by atoms with Gasteiger partial charge in [-0.25, -0.2) is 0 Å². The molecule has 0 unspecified atom stereocenters. The molecule has 2 aromatic rings. The first kappa shape index (κ1) is 21.2. The van der Waals surface area contributed by atoms with Crippen molar-refractivity contribution in [1.82, 2.24) is 4.90 Å². The van der Waals surface area contributed by atoms with Crippen LogP contribution in [0.5, 0.6) is 0 Å². The number of thiocarbonyl (C=S) groups is 1. The standard InChI is InChI=1S/C25H27ClN2OS/c1-24(2,3)19-11-7-17(8-12-19)21-23(30)28(25(27-21)15-5-4-6-16-25)22(29)18-9-13-20(26)14-10-18/h7-14H,4-6,15-16H2,1-3H3. The molecule has 1 fully saturated rings. The minimum Gasteiger partial charge on any atom is -0.271 e. The average Bonchev–Trinajstić information content (AvgIpc) is 2.99. The van der Waals surface area contributed by atoms with Crippen LogP contribution in [-0.2, 0) is 5.41 Å². The van der Waals surface area contributed by atoms with Gasteiger partial charge in [-0.3, -0.25) is 14.7 Å². The van der Waals surface area contributed by atoms with Crippen LogP contribution in [0.4, 0.5) is 0 Å². The second-order valence-corrected chi connectivity index (χ2v) is 10.1. The van der Waals surface area contributed by atoms with Crippen molar-refractivity contribution in [2.45, 2.75) is 64.0 Å². The van der Waals surface area contributed by atoms with E-state index in [1.165, 1.54) is 12.0 Å². The minimum absolute atomic E-state index is 0.0811. The Morgan fingerprint density at radius 3 is 2.17 bits per heavy atom. The van der Waals surface area contributed by atoms with Crippen LogP contribution in [0.2, 0.25) is 5.02 Å². The molecule has 2 aliphatic rings. The number of aliphatic imine (C=N–C) groups is 1. The predicted molar refractivity (Wildman–Crippen MR) is 128 cm³/mol. The van der Waals surface area contributed by atoms with Crippen LogP contribution in [0.25, 0.3) is 0 Å². The van der Waals surface area contributed by atoms with E-state index in [1.807, 2.05) is 0 Å². The van der Waals surface area contributed by atoms with Crippen LogP contribution >= 0.6 is 23.8 Å². The van der Waals surface area contributed by atoms with E-state index in [2.05, 4.69) is 45.0 Å². The molecule has 1 aliphatic heterocycles. The van der Waals surface area contributed by atoms with Gasteiger partial charge >= 0.3 is 0 Å². The van der Waals surface area contributed by atoms with E-state index in [0.717, 1.165) is 37.0 Å². The van der Waals surface area contributed by atoms with Gasteiger partial charge in [-0.05, 0) is 60.9 Å². The quantitative estimate of drug-likeness (QED) is 0.496. The van der Waals surface area contributed by atoms with Gasteiger partial charge in [0.1, 0.15) is 16.4 Å². The van der Waals surface area contributed by atoms with Crippen molar-refractivity contribution in [2.75, 3.05) is 0 Å². The number of nitrogens with zero attached hydrogens (tertiary/aromatic N) is 2. The van der Waals surface area contributed by atoms with Gasteiger partial charge in [-0.2, -0.15) is 0 Å². The lowest BCUT2D eigenvalue weighted by atomic mass is 9.86. The van der Waals surface area contributed by atoms with Gasteiger partial charge in [0.05, 0.1) is 0 Å². The van der Waals surface area contributed by atoms with Gasteiger partial charge in [0.25, 0.3) is 5.91 Å². The van der Waals surface area contributed by atoms with E-state index in [-0.39, 0.29) is 11.3 Å². The summed E-state index contributed by atoms with van der Waals surface area (Å²) in [5, 5.41) is 0.610. The molecule has 0 bridgehead atoms. The second kappa shape index (κ2) is 7.90. The highest BCUT2D eigenvalue weighted by Crippen LogP contribution is 2.41. The molecule has 1 amide bonds. The highest BCUT2D eigenvalue weighted by atomic mass is 35.5. The smallest absolute Gasteiger partial charge is 0.260 e. The summed E-state index contributed by atoms with van der Waals surface area (Å²) >= 11 is 11.9. The molecule has 3 nitrogen and oxygen atoms in total. The molecule has 0 radical (unpaired) electrons. The molecule has 4 rings (SSSR count). The SMILES string of the molecule is CC(C)(C)c1ccc(C2=NC3(CCCCC3)N(C(=O)c3ccc(Cl)cc3)C2=S)cc1. The normalized spacial score (nSPS) is 18.6. The van der Waals surface area contributed by atoms with Crippen molar-refractivity contribution in [3.63, 3.8) is 0 Å². The Hall–Kier alpha value is -2.04. The van der Waals surface area contributed by atoms with Crippen molar-refractivity contribution in [1.29, 1.82) is 0 Å². The Bertz CT molecular complexity index is 997. The number of carbonyl (C=O) groups is 1. The van der Waals surface area contributed by atoms with Crippen molar-refractivity contribution in [2.24, 2.45) is 4.99 Å². The third-order valence-corrected chi connectivity index (χ3v) is 6.74. The molecule has 1 saturated carbocycles. The summed E-state index contributed by atoms with van der Waals surface area (Å²) in [5.41, 5.74) is 3.10. The summed E-state index contributed by atoms with van der Waals surface area (Å²) in [6.07, 6.45) is 4.95. The number of benzene rings is 2. The van der Waals surface area contributed by atoms with Gasteiger partial charge in [-0.15, -0.1) is 0 Å². The number of hydrogen-bond acceptors (Lipinski definition) is 3. The average molecular weight is 439 g/mol. The van der Waals surface area contributed by atoms with Gasteiger partial charge in [0, 0.05) is 16.1 Å². The van der Waals surface area contributed by atoms with E-state index in [1.54, 1.807) is 29.2 Å². The summed E-state index contributed by atoms with van der Waals surface area (Å²) in [6.45, 7) is 6.59. The Balaban J connectivity index is 1.73. The third kappa shape index (κ3) is 3.83. The van der Waals surface area contributed by atoms with Crippen LogP contribution in [0, 0.1) is 0 Å². The summed E-state index contributed by atoms with van der Waals surface area (Å²) in [7, 11) is 0. The molecule has 1 heterocycles. The van der Waals surface area contributed by atoms with Gasteiger partial charge < -0.3 is 0 Å². The highest BCUT2D eigenvalue weighted by Gasteiger charge is 2.48. The van der Waals surface area contributed by atoms with Crippen molar-refractivity contribution in [3.05, 3.63) is 70.2 Å². The first-order valence-corrected chi connectivity index (χ1v) is 11.4. The Labute approximate surface area is 189 Å². The number of halogens is 1. The fraction of sp³-hybridized carbons (Fsp3) is 0.400. The maximum atomic E-state index is 13.5. The van der Waals surface area contributed by atoms with Crippen molar-refractivity contribution >= 4 is 40.4 Å². The highest BCUT2D eigenvalue weighted by molar-refractivity contribution is 7.82. The van der Waals surface area contributed by atoms with Crippen LogP contribution < -0.4 is 0 Å². The fourth-order valence-electron chi connectivity index (χ4n) is 4.37. The lowest BCUT2D eigenvalue weighted by molar-refractivity contribution is 0.0648. The Morgan fingerprint density at radius 2 is 1.60 bits per heavy atom. The minimum atomic E-state index is -0.565. The van der Waals surface area contributed by atoms with Crippen LogP contribution in [0.3, 0.4) is 0 Å². The maximum absolute atomic E-state index is 13.5. The topological polar surface area (TPSA) is 32.7 Å². The first-order chi connectivity index (χ1) is 14.2. The number of carbonyl (C=O) groups excluding carboxylic acids is 1. The predicted octanol–water partition coefficient (Wildman–Crippen LogP) is 6.57. The lowest BCUT2D eigenvalue weighted by Crippen LogP contribution is -2.50. The molecule has 1 aliphatic carbocycles. The van der Waals surface area contributed by atoms with E-state index >= 15 is 0 Å². The summed E-state index contributed by atoms with van der Waals surface area (Å²) in [4.78, 5) is 21.0. The molecule has 30 heavy (non-hydrogen) atoms. The van der Waals surface area contributed by atoms with Gasteiger partial charge in [-0.1, -0.05) is 75.3 Å². The summed E-state index contributed by atoms with van der Waals surface area (Å²) in [5.74, 6) is -0.0939. The summed E-state index contributed by atoms with van der Waals surface area (Å²) < 4.78 is 0. The molecule has 0 atom stereocenters. The molecule has 1 spiro atoms. The van der Waals surface area contributed by atoms with E-state index in [0.29, 0.717) is 15.6 Å². The van der Waals surface area contributed by atoms with E-state index in [9.17, 15) is 4.79 Å². The first-order valence-electron chi connectivity index (χ1n) is 10.6. The third-order valence-electron chi connectivity index (χ3n) is 6.11. The zero-order chi connectivity index (χ0) is 21.5. The zero-order valence-corrected chi connectivity index (χ0v) is 19.3. The van der Waals surface area contributed by atoms with Crippen LogP contribution in [-0.4, -0.2) is 27.2 Å². The number of rotatable bonds is 2. The van der Waals surface area contributed by atoms with Crippen molar-refractivity contribution in [3.8, 4) is 0 Å². The number of hydrogen-bond donors (Lipinski definition) is 0. The monoisotopic (exact) mass is 438 g/mol. The molecule has 5 heteroatoms.